The smallest absolute Gasteiger partial charge is 0.243 e. The van der Waals surface area contributed by atoms with Crippen LogP contribution in [0, 0.1) is 37.5 Å². The van der Waals surface area contributed by atoms with Crippen LogP contribution < -0.4 is 0 Å². The van der Waals surface area contributed by atoms with Crippen molar-refractivity contribution in [3.8, 4) is 0 Å². The number of hydrogen-bond donors (Lipinski definition) is 0. The van der Waals surface area contributed by atoms with E-state index in [0.29, 0.717) is 6.42 Å². The number of carbonyl (C=O) groups excluding carboxylic acids is 3. The van der Waals surface area contributed by atoms with Crippen LogP contribution in [0.5, 0.6) is 0 Å². The molecule has 3 fully saturated rings. The van der Waals surface area contributed by atoms with E-state index in [4.69, 9.17) is 0 Å². The Morgan fingerprint density at radius 3 is 1.97 bits per heavy atom. The molecule has 0 spiro atoms. The van der Waals surface area contributed by atoms with Gasteiger partial charge in [-0.15, -0.1) is 0 Å². The van der Waals surface area contributed by atoms with E-state index in [1.54, 1.807) is 31.2 Å². The van der Waals surface area contributed by atoms with Crippen LogP contribution in [0.15, 0.2) is 53.4 Å². The minimum atomic E-state index is -4.01. The highest BCUT2D eigenvalue weighted by Crippen LogP contribution is 2.57. The molecule has 0 N–H and O–H groups in total. The van der Waals surface area contributed by atoms with Gasteiger partial charge in [-0.25, -0.2) is 8.42 Å². The van der Waals surface area contributed by atoms with Crippen LogP contribution in [0.1, 0.15) is 49.4 Å². The number of nitrogens with zero attached hydrogens (tertiary/aromatic N) is 2. The lowest BCUT2D eigenvalue weighted by molar-refractivity contribution is -0.140. The number of amides is 2. The predicted molar refractivity (Wildman–Crippen MR) is 134 cm³/mol. The molecule has 2 aromatic carbocycles. The monoisotopic (exact) mass is 508 g/mol. The second kappa shape index (κ2) is 8.92. The van der Waals surface area contributed by atoms with Crippen LogP contribution in [0.25, 0.3) is 0 Å². The Kier molecular flexibility index (Phi) is 6.16. The lowest BCUT2D eigenvalue weighted by Crippen LogP contribution is -2.45. The minimum Gasteiger partial charge on any atom is -0.299 e. The summed E-state index contributed by atoms with van der Waals surface area (Å²) in [5, 5.41) is 0. The molecule has 2 aromatic rings. The minimum absolute atomic E-state index is 0.0237. The lowest BCUT2D eigenvalue weighted by Gasteiger charge is -2.35. The first-order valence-electron chi connectivity index (χ1n) is 12.7. The highest BCUT2D eigenvalue weighted by Gasteiger charge is 2.66. The van der Waals surface area contributed by atoms with Crippen molar-refractivity contribution in [2.75, 3.05) is 6.54 Å². The summed E-state index contributed by atoms with van der Waals surface area (Å²) in [7, 11) is -4.01. The molecule has 2 saturated heterocycles. The number of carbonyl (C=O) groups is 3. The third-order valence-electron chi connectivity index (χ3n) is 8.33. The van der Waals surface area contributed by atoms with Crippen molar-refractivity contribution in [3.05, 3.63) is 65.2 Å². The molecule has 1 saturated carbocycles. The topological polar surface area (TPSA) is 91.8 Å². The molecule has 3 aliphatic rings. The quantitative estimate of drug-likeness (QED) is 0.575. The van der Waals surface area contributed by atoms with Gasteiger partial charge in [-0.05, 0) is 50.8 Å². The molecule has 0 aromatic heterocycles. The zero-order valence-corrected chi connectivity index (χ0v) is 21.9. The first-order chi connectivity index (χ1) is 17.1. The van der Waals surface area contributed by atoms with E-state index in [2.05, 4.69) is 0 Å². The summed E-state index contributed by atoms with van der Waals surface area (Å²) in [6.07, 6.45) is 0.406. The maximum atomic E-state index is 14.2. The van der Waals surface area contributed by atoms with Gasteiger partial charge < -0.3 is 0 Å². The van der Waals surface area contributed by atoms with Gasteiger partial charge in [-0.2, -0.15) is 4.31 Å². The number of fused-ring (bicyclic) bond motifs is 3. The largest absolute Gasteiger partial charge is 0.299 e. The fraction of sp³-hybridized carbons (Fsp3) is 0.464. The van der Waals surface area contributed by atoms with E-state index in [-0.39, 0.29) is 35.5 Å². The van der Waals surface area contributed by atoms with Crippen molar-refractivity contribution < 1.29 is 22.8 Å². The summed E-state index contributed by atoms with van der Waals surface area (Å²) in [5.74, 6) is -3.34. The van der Waals surface area contributed by atoms with E-state index in [0.717, 1.165) is 16.7 Å². The Hall–Kier alpha value is -2.84. The predicted octanol–water partition coefficient (Wildman–Crippen LogP) is 3.65. The lowest BCUT2D eigenvalue weighted by atomic mass is 9.64. The van der Waals surface area contributed by atoms with Crippen molar-refractivity contribution in [2.24, 2.45) is 23.7 Å². The van der Waals surface area contributed by atoms with Gasteiger partial charge in [0.15, 0.2) is 0 Å². The second-order valence-electron chi connectivity index (χ2n) is 10.3. The van der Waals surface area contributed by atoms with E-state index in [9.17, 15) is 22.8 Å². The van der Waals surface area contributed by atoms with Gasteiger partial charge >= 0.3 is 0 Å². The molecular weight excluding hydrogens is 476 g/mol. The normalized spacial score (nSPS) is 30.6. The van der Waals surface area contributed by atoms with Crippen molar-refractivity contribution in [1.82, 2.24) is 9.21 Å². The highest BCUT2D eigenvalue weighted by molar-refractivity contribution is 7.89. The van der Waals surface area contributed by atoms with Crippen LogP contribution in [0.3, 0.4) is 0 Å². The fourth-order valence-electron chi connectivity index (χ4n) is 6.69. The summed E-state index contributed by atoms with van der Waals surface area (Å²) in [5.41, 5.74) is 2.70. The van der Waals surface area contributed by atoms with Crippen molar-refractivity contribution in [2.45, 2.75) is 57.5 Å². The van der Waals surface area contributed by atoms with Crippen LogP contribution >= 0.6 is 0 Å². The van der Waals surface area contributed by atoms with Crippen molar-refractivity contribution in [3.63, 3.8) is 0 Å². The van der Waals surface area contributed by atoms with Crippen LogP contribution in [0.4, 0.5) is 0 Å². The van der Waals surface area contributed by atoms with E-state index >= 15 is 0 Å². The van der Waals surface area contributed by atoms with Crippen LogP contribution in [-0.4, -0.2) is 47.8 Å². The van der Waals surface area contributed by atoms with Gasteiger partial charge in [-0.3, -0.25) is 19.3 Å². The molecule has 6 atom stereocenters. The van der Waals surface area contributed by atoms with Gasteiger partial charge in [0.1, 0.15) is 5.78 Å². The highest BCUT2D eigenvalue weighted by atomic mass is 32.2. The van der Waals surface area contributed by atoms with Gasteiger partial charge in [-0.1, -0.05) is 54.4 Å². The zero-order chi connectivity index (χ0) is 25.9. The molecule has 2 aliphatic heterocycles. The van der Waals surface area contributed by atoms with Gasteiger partial charge in [0, 0.05) is 24.9 Å². The summed E-state index contributed by atoms with van der Waals surface area (Å²) in [4.78, 5) is 41.7. The molecule has 190 valence electrons. The molecule has 8 heteroatoms. The fourth-order valence-corrected chi connectivity index (χ4v) is 8.61. The third kappa shape index (κ3) is 3.57. The Morgan fingerprint density at radius 1 is 0.833 bits per heavy atom. The SMILES string of the molecule is CC[C@@H]1[C@@H]2C3C(=O)N(CC)C(=O)C3CC(=O)[C@@H]2[C@H](c2ccc(C)cc2)N1S(=O)(=O)c1ccc(C)cc1. The molecule has 0 radical (unpaired) electrons. The average molecular weight is 509 g/mol. The summed E-state index contributed by atoms with van der Waals surface area (Å²) >= 11 is 0. The number of Topliss-reactive ketones (excluding diaryl/α,β-unsaturated/α-hetero) is 1. The first-order valence-corrected chi connectivity index (χ1v) is 14.1. The van der Waals surface area contributed by atoms with Gasteiger partial charge in [0.05, 0.1) is 22.8 Å². The third-order valence-corrected chi connectivity index (χ3v) is 10.2. The Bertz CT molecular complexity index is 1320. The number of sulfonamides is 1. The second-order valence-corrected chi connectivity index (χ2v) is 12.1. The molecule has 2 unspecified atom stereocenters. The van der Waals surface area contributed by atoms with E-state index < -0.39 is 45.8 Å². The first kappa shape index (κ1) is 24.8. The van der Waals surface area contributed by atoms with Crippen molar-refractivity contribution >= 4 is 27.6 Å². The Labute approximate surface area is 212 Å². The Morgan fingerprint density at radius 2 is 1.42 bits per heavy atom. The maximum absolute atomic E-state index is 14.2. The standard InChI is InChI=1S/C28H32N2O5S/c1-5-21-24-23-20(27(32)29(6-2)28(23)33)15-22(31)25(24)26(18-11-7-16(3)8-12-18)30(21)36(34,35)19-13-9-17(4)10-14-19/h7-14,20-21,23-26H,5-6,15H2,1-4H3/t20?,21-,23?,24-,25+,26+/m1/s1. The summed E-state index contributed by atoms with van der Waals surface area (Å²) in [6, 6.07) is 13.0. The van der Waals surface area contributed by atoms with Crippen LogP contribution in [-0.2, 0) is 24.4 Å². The Balaban J connectivity index is 1.71. The average Bonchev–Trinajstić information content (AvgIpc) is 3.32. The molecule has 0 bridgehead atoms. The van der Waals surface area contributed by atoms with E-state index in [1.165, 1.54) is 9.21 Å². The molecular formula is C28H32N2O5S. The number of imide groups is 1. The molecule has 1 aliphatic carbocycles. The number of aryl methyl sites for hydroxylation is 2. The van der Waals surface area contributed by atoms with Gasteiger partial charge in [0.25, 0.3) is 0 Å². The zero-order valence-electron chi connectivity index (χ0n) is 21.0. The van der Waals surface area contributed by atoms with Crippen molar-refractivity contribution in [1.29, 1.82) is 0 Å². The number of ketones is 1. The molecule has 7 nitrogen and oxygen atoms in total. The molecule has 2 amide bonds. The van der Waals surface area contributed by atoms with E-state index in [1.807, 2.05) is 45.0 Å². The summed E-state index contributed by atoms with van der Waals surface area (Å²) < 4.78 is 29.9. The van der Waals surface area contributed by atoms with Crippen LogP contribution in [0.2, 0.25) is 0 Å². The number of hydrogen-bond acceptors (Lipinski definition) is 5. The molecule has 2 heterocycles. The molecule has 36 heavy (non-hydrogen) atoms. The summed E-state index contributed by atoms with van der Waals surface area (Å²) in [6.45, 7) is 7.74. The molecule has 5 rings (SSSR count). The maximum Gasteiger partial charge on any atom is 0.243 e. The number of benzene rings is 2. The number of rotatable bonds is 5. The number of likely N-dealkylation sites (tertiary alicyclic amines) is 1. The van der Waals surface area contributed by atoms with Gasteiger partial charge in [0.2, 0.25) is 21.8 Å².